The topological polar surface area (TPSA) is 19.9 Å². The molecule has 2 nitrogen and oxygen atoms in total. The van der Waals surface area contributed by atoms with Crippen molar-refractivity contribution in [1.82, 2.24) is 4.98 Å². The molecule has 0 fully saturated rings. The summed E-state index contributed by atoms with van der Waals surface area (Å²) in [7, 11) is 0. The molecule has 4 aromatic rings. The summed E-state index contributed by atoms with van der Waals surface area (Å²) in [5.41, 5.74) is 3.59. The molecule has 1 aromatic carbocycles. The van der Waals surface area contributed by atoms with Crippen LogP contribution in [0.1, 0.15) is 0 Å². The molecule has 2 heteroatoms. The lowest BCUT2D eigenvalue weighted by atomic mass is 10.2. The van der Waals surface area contributed by atoms with Crippen LogP contribution < -0.4 is 4.40 Å². The summed E-state index contributed by atoms with van der Waals surface area (Å²) in [5.74, 6) is 0. The summed E-state index contributed by atoms with van der Waals surface area (Å²) in [4.78, 5) is 3.46. The highest BCUT2D eigenvalue weighted by Gasteiger charge is 2.09. The first kappa shape index (κ1) is 8.76. The molecule has 17 heavy (non-hydrogen) atoms. The minimum Gasteiger partial charge on any atom is -0.354 e. The minimum absolute atomic E-state index is 1.19. The van der Waals surface area contributed by atoms with E-state index in [0.29, 0.717) is 0 Å². The van der Waals surface area contributed by atoms with E-state index in [0.717, 1.165) is 0 Å². The lowest BCUT2D eigenvalue weighted by Gasteiger charge is -1.91. The molecule has 0 aliphatic rings. The smallest absolute Gasteiger partial charge is 0.212 e. The van der Waals surface area contributed by atoms with Crippen molar-refractivity contribution in [2.24, 2.45) is 0 Å². The molecule has 80 valence electrons. The van der Waals surface area contributed by atoms with Crippen molar-refractivity contribution in [3.8, 4) is 0 Å². The molecule has 0 saturated heterocycles. The molecule has 0 unspecified atom stereocenters. The van der Waals surface area contributed by atoms with Crippen LogP contribution >= 0.6 is 0 Å². The van der Waals surface area contributed by atoms with E-state index >= 15 is 0 Å². The van der Waals surface area contributed by atoms with Crippen molar-refractivity contribution in [1.29, 1.82) is 0 Å². The average Bonchev–Trinajstić information content (AvgIpc) is 2.73. The molecule has 4 rings (SSSR count). The third-order valence-corrected chi connectivity index (χ3v) is 3.26. The zero-order valence-corrected chi connectivity index (χ0v) is 9.22. The summed E-state index contributed by atoms with van der Waals surface area (Å²) in [6.45, 7) is 0. The number of H-pyrrole nitrogens is 1. The Hall–Kier alpha value is -2.35. The fourth-order valence-electron chi connectivity index (χ4n) is 2.43. The molecule has 0 bridgehead atoms. The summed E-state index contributed by atoms with van der Waals surface area (Å²) in [6, 6.07) is 16.8. The molecule has 0 atom stereocenters. The molecule has 0 spiro atoms. The van der Waals surface area contributed by atoms with Crippen LogP contribution in [0.4, 0.5) is 0 Å². The highest BCUT2D eigenvalue weighted by molar-refractivity contribution is 6.07. The van der Waals surface area contributed by atoms with Crippen LogP contribution in [0.3, 0.4) is 0 Å². The van der Waals surface area contributed by atoms with Crippen molar-refractivity contribution in [2.45, 2.75) is 0 Å². The predicted molar refractivity (Wildman–Crippen MR) is 69.0 cm³/mol. The number of aromatic nitrogens is 2. The SMILES string of the molecule is c1ccc2c(c1)[nH]c1cc3cccc[n+]3cc12. The molecular weight excluding hydrogens is 208 g/mol. The molecule has 3 aromatic heterocycles. The van der Waals surface area contributed by atoms with Gasteiger partial charge in [-0.25, -0.2) is 0 Å². The van der Waals surface area contributed by atoms with E-state index in [4.69, 9.17) is 0 Å². The van der Waals surface area contributed by atoms with Gasteiger partial charge in [0.15, 0.2) is 12.4 Å². The van der Waals surface area contributed by atoms with Gasteiger partial charge in [-0.3, -0.25) is 0 Å². The second-order valence-electron chi connectivity index (χ2n) is 4.30. The molecule has 0 amide bonds. The Morgan fingerprint density at radius 2 is 1.71 bits per heavy atom. The van der Waals surface area contributed by atoms with E-state index in [1.165, 1.54) is 27.3 Å². The number of hydrogen-bond acceptors (Lipinski definition) is 0. The quantitative estimate of drug-likeness (QED) is 0.439. The third-order valence-electron chi connectivity index (χ3n) is 3.26. The Balaban J connectivity index is 2.28. The maximum absolute atomic E-state index is 3.46. The lowest BCUT2D eigenvalue weighted by Crippen LogP contribution is -2.19. The van der Waals surface area contributed by atoms with Crippen molar-refractivity contribution >= 4 is 27.3 Å². The van der Waals surface area contributed by atoms with Crippen LogP contribution in [-0.2, 0) is 0 Å². The number of aromatic amines is 1. The highest BCUT2D eigenvalue weighted by atomic mass is 14.9. The lowest BCUT2D eigenvalue weighted by molar-refractivity contribution is -0.510. The van der Waals surface area contributed by atoms with E-state index in [2.05, 4.69) is 64.2 Å². The first-order valence-electron chi connectivity index (χ1n) is 5.72. The molecule has 0 aliphatic carbocycles. The number of nitrogens with zero attached hydrogens (tertiary/aromatic N) is 1. The van der Waals surface area contributed by atoms with Gasteiger partial charge in [0.05, 0.1) is 10.9 Å². The molecule has 1 N–H and O–H groups in total. The monoisotopic (exact) mass is 219 g/mol. The summed E-state index contributed by atoms with van der Waals surface area (Å²) < 4.78 is 2.16. The number of benzene rings is 1. The number of rotatable bonds is 0. The van der Waals surface area contributed by atoms with Crippen LogP contribution in [0.25, 0.3) is 27.3 Å². The van der Waals surface area contributed by atoms with E-state index in [-0.39, 0.29) is 0 Å². The predicted octanol–water partition coefficient (Wildman–Crippen LogP) is 3.06. The fourth-order valence-corrected chi connectivity index (χ4v) is 2.43. The van der Waals surface area contributed by atoms with Crippen LogP contribution in [0, 0.1) is 0 Å². The van der Waals surface area contributed by atoms with Gasteiger partial charge in [0.2, 0.25) is 5.52 Å². The fraction of sp³-hybridized carbons (Fsp3) is 0. The van der Waals surface area contributed by atoms with Gasteiger partial charge in [0, 0.05) is 29.1 Å². The highest BCUT2D eigenvalue weighted by Crippen LogP contribution is 2.24. The van der Waals surface area contributed by atoms with E-state index in [1.54, 1.807) is 0 Å². The Bertz CT molecular complexity index is 837. The van der Waals surface area contributed by atoms with E-state index in [9.17, 15) is 0 Å². The Labute approximate surface area is 98.1 Å². The first-order valence-corrected chi connectivity index (χ1v) is 5.72. The van der Waals surface area contributed by atoms with Crippen molar-refractivity contribution in [3.05, 3.63) is 60.9 Å². The van der Waals surface area contributed by atoms with E-state index in [1.807, 2.05) is 6.07 Å². The van der Waals surface area contributed by atoms with Crippen molar-refractivity contribution < 1.29 is 4.40 Å². The molecule has 0 aliphatic heterocycles. The first-order chi connectivity index (χ1) is 8.42. The van der Waals surface area contributed by atoms with Gasteiger partial charge in [-0.05, 0) is 12.1 Å². The normalized spacial score (nSPS) is 11.5. The maximum Gasteiger partial charge on any atom is 0.212 e. The number of para-hydroxylation sites is 1. The molecule has 0 saturated carbocycles. The Kier molecular flexibility index (Phi) is 1.59. The summed E-state index contributed by atoms with van der Waals surface area (Å²) >= 11 is 0. The van der Waals surface area contributed by atoms with Gasteiger partial charge >= 0.3 is 0 Å². The average molecular weight is 219 g/mol. The van der Waals surface area contributed by atoms with E-state index < -0.39 is 0 Å². The van der Waals surface area contributed by atoms with Gasteiger partial charge in [-0.1, -0.05) is 18.2 Å². The van der Waals surface area contributed by atoms with Gasteiger partial charge in [0.1, 0.15) is 0 Å². The standard InChI is InChI=1S/C15H10N2/c1-2-7-14-12(6-1)13-10-17-8-4-3-5-11(17)9-15(13)16-14/h1-10H/p+1. The van der Waals surface area contributed by atoms with Crippen LogP contribution in [0.5, 0.6) is 0 Å². The third kappa shape index (κ3) is 1.18. The zero-order chi connectivity index (χ0) is 11.2. The number of nitrogens with one attached hydrogen (secondary N) is 1. The molecular formula is C15H11N2+. The van der Waals surface area contributed by atoms with Gasteiger partial charge in [-0.15, -0.1) is 0 Å². The van der Waals surface area contributed by atoms with Gasteiger partial charge in [-0.2, -0.15) is 4.40 Å². The number of pyridine rings is 2. The van der Waals surface area contributed by atoms with Crippen LogP contribution in [-0.4, -0.2) is 4.98 Å². The van der Waals surface area contributed by atoms with Crippen LogP contribution in [0.15, 0.2) is 60.9 Å². The van der Waals surface area contributed by atoms with Crippen LogP contribution in [0.2, 0.25) is 0 Å². The summed E-state index contributed by atoms with van der Waals surface area (Å²) in [6.07, 6.45) is 4.26. The second kappa shape index (κ2) is 3.08. The Morgan fingerprint density at radius 3 is 2.71 bits per heavy atom. The van der Waals surface area contributed by atoms with Gasteiger partial charge < -0.3 is 4.98 Å². The van der Waals surface area contributed by atoms with Crippen molar-refractivity contribution in [2.75, 3.05) is 0 Å². The minimum atomic E-state index is 1.19. The van der Waals surface area contributed by atoms with Crippen molar-refractivity contribution in [3.63, 3.8) is 0 Å². The number of fused-ring (bicyclic) bond motifs is 4. The number of hydrogen-bond donors (Lipinski definition) is 1. The molecule has 0 radical (unpaired) electrons. The summed E-state index contributed by atoms with van der Waals surface area (Å²) in [5, 5.41) is 2.55. The second-order valence-corrected chi connectivity index (χ2v) is 4.30. The van der Waals surface area contributed by atoms with Gasteiger partial charge in [0.25, 0.3) is 0 Å². The zero-order valence-electron chi connectivity index (χ0n) is 9.22. The largest absolute Gasteiger partial charge is 0.354 e. The maximum atomic E-state index is 3.46. The molecule has 3 heterocycles. The Morgan fingerprint density at radius 1 is 0.824 bits per heavy atom.